The van der Waals surface area contributed by atoms with E-state index in [0.29, 0.717) is 0 Å². The molecule has 0 aliphatic rings. The minimum Gasteiger partial charge on any atom is -0.608 e. The highest BCUT2D eigenvalue weighted by Gasteiger charge is 2.09. The molecule has 0 aromatic rings. The third-order valence-corrected chi connectivity index (χ3v) is 2.09. The van der Waals surface area contributed by atoms with Crippen LogP contribution in [0.1, 0.15) is 40.0 Å². The van der Waals surface area contributed by atoms with Crippen LogP contribution in [0, 0.1) is 5.21 Å². The first-order chi connectivity index (χ1) is 6.57. The van der Waals surface area contributed by atoms with E-state index in [4.69, 9.17) is 5.11 Å². The molecule has 3 N–H and O–H groups in total. The van der Waals surface area contributed by atoms with Crippen LogP contribution in [0.5, 0.6) is 0 Å². The van der Waals surface area contributed by atoms with Crippen LogP contribution in [0.4, 0.5) is 0 Å². The van der Waals surface area contributed by atoms with Gasteiger partial charge in [0.2, 0.25) is 0 Å². The zero-order valence-electron chi connectivity index (χ0n) is 9.29. The van der Waals surface area contributed by atoms with Crippen molar-refractivity contribution in [3.05, 3.63) is 17.5 Å². The lowest BCUT2D eigenvalue weighted by Crippen LogP contribution is -3.11. The summed E-state index contributed by atoms with van der Waals surface area (Å²) in [6.07, 6.45) is 6.07. The fourth-order valence-corrected chi connectivity index (χ4v) is 0.905. The van der Waals surface area contributed by atoms with Gasteiger partial charge in [-0.3, -0.25) is 5.17 Å². The highest BCUT2D eigenvalue weighted by molar-refractivity contribution is 4.72. The van der Waals surface area contributed by atoms with Crippen LogP contribution in [-0.2, 0) is 0 Å². The van der Waals surface area contributed by atoms with Crippen LogP contribution in [0.15, 0.2) is 12.3 Å². The normalized spacial score (nSPS) is 18.4. The van der Waals surface area contributed by atoms with Gasteiger partial charge in [-0.1, -0.05) is 13.3 Å². The Hall–Kier alpha value is -0.420. The van der Waals surface area contributed by atoms with E-state index in [2.05, 4.69) is 12.3 Å². The average molecular weight is 202 g/mol. The van der Waals surface area contributed by atoms with E-state index in [9.17, 15) is 5.21 Å². The van der Waals surface area contributed by atoms with Gasteiger partial charge < -0.3 is 10.3 Å². The van der Waals surface area contributed by atoms with Gasteiger partial charge in [0, 0.05) is 0 Å². The number of hydrogen-bond acceptors (Lipinski definition) is 3. The van der Waals surface area contributed by atoms with Crippen LogP contribution in [0.25, 0.3) is 0 Å². The molecule has 0 aromatic heterocycles. The molecule has 0 bridgehead atoms. The summed E-state index contributed by atoms with van der Waals surface area (Å²) in [5.74, 6) is 0. The molecule has 0 spiro atoms. The van der Waals surface area contributed by atoms with Crippen LogP contribution in [0.3, 0.4) is 0 Å². The molecule has 14 heavy (non-hydrogen) atoms. The number of aliphatic hydroxyl groups excluding tert-OH is 1. The fraction of sp³-hybridized carbons (Fsp3) is 0.800. The molecule has 3 atom stereocenters. The second-order valence-electron chi connectivity index (χ2n) is 3.58. The van der Waals surface area contributed by atoms with Crippen molar-refractivity contribution in [1.29, 1.82) is 0 Å². The summed E-state index contributed by atoms with van der Waals surface area (Å²) >= 11 is 0. The van der Waals surface area contributed by atoms with Gasteiger partial charge in [0.1, 0.15) is 6.20 Å². The number of nitrogens with one attached hydrogen (secondary N) is 2. The van der Waals surface area contributed by atoms with Crippen molar-refractivity contribution in [2.75, 3.05) is 0 Å². The van der Waals surface area contributed by atoms with Gasteiger partial charge in [0.15, 0.2) is 0 Å². The Morgan fingerprint density at radius 2 is 2.14 bits per heavy atom. The SMILES string of the molecule is CCCC/C=C/[NH+]([O-])N[C@H](C)[C@@H](C)O. The maximum absolute atomic E-state index is 11.2. The van der Waals surface area contributed by atoms with Gasteiger partial charge in [-0.15, -0.1) is 0 Å². The highest BCUT2D eigenvalue weighted by atomic mass is 16.5. The van der Waals surface area contributed by atoms with E-state index in [1.165, 1.54) is 6.20 Å². The van der Waals surface area contributed by atoms with Crippen LogP contribution in [-0.4, -0.2) is 17.3 Å². The number of quaternary nitrogens is 1. The number of unbranched alkanes of at least 4 members (excludes halogenated alkanes) is 2. The summed E-state index contributed by atoms with van der Waals surface area (Å²) in [5, 5.41) is 20.2. The summed E-state index contributed by atoms with van der Waals surface area (Å²) in [5.41, 5.74) is 2.68. The van der Waals surface area contributed by atoms with Gasteiger partial charge in [0.25, 0.3) is 0 Å². The highest BCUT2D eigenvalue weighted by Crippen LogP contribution is 1.92. The third kappa shape index (κ3) is 7.03. The smallest absolute Gasteiger partial charge is 0.110 e. The molecule has 0 aromatic carbocycles. The lowest BCUT2D eigenvalue weighted by molar-refractivity contribution is -0.847. The second-order valence-corrected chi connectivity index (χ2v) is 3.58. The predicted molar refractivity (Wildman–Crippen MR) is 57.3 cm³/mol. The van der Waals surface area contributed by atoms with Gasteiger partial charge in [-0.05, 0) is 32.8 Å². The molecule has 0 fully saturated rings. The lowest BCUT2D eigenvalue weighted by atomic mass is 10.2. The summed E-state index contributed by atoms with van der Waals surface area (Å²) in [7, 11) is 0. The average Bonchev–Trinajstić information content (AvgIpc) is 2.12. The zero-order valence-corrected chi connectivity index (χ0v) is 9.29. The van der Waals surface area contributed by atoms with Crippen LogP contribution >= 0.6 is 0 Å². The quantitative estimate of drug-likeness (QED) is 0.412. The zero-order chi connectivity index (χ0) is 11.0. The van der Waals surface area contributed by atoms with Crippen molar-refractivity contribution >= 4 is 0 Å². The molecule has 0 amide bonds. The first kappa shape index (κ1) is 13.6. The molecule has 1 unspecified atom stereocenters. The molecule has 0 radical (unpaired) electrons. The number of rotatable bonds is 7. The van der Waals surface area contributed by atoms with Crippen molar-refractivity contribution in [3.63, 3.8) is 0 Å². The molecule has 4 nitrogen and oxygen atoms in total. The monoisotopic (exact) mass is 202 g/mol. The van der Waals surface area contributed by atoms with Gasteiger partial charge >= 0.3 is 0 Å². The van der Waals surface area contributed by atoms with E-state index >= 15 is 0 Å². The number of aliphatic hydroxyl groups is 1. The molecule has 0 rings (SSSR count). The molecule has 0 heterocycles. The summed E-state index contributed by atoms with van der Waals surface area (Å²) in [4.78, 5) is 0. The minimum atomic E-state index is -0.511. The molecule has 0 aliphatic carbocycles. The molecule has 0 saturated carbocycles. The maximum Gasteiger partial charge on any atom is 0.110 e. The molecule has 4 heteroatoms. The summed E-state index contributed by atoms with van der Waals surface area (Å²) in [6.45, 7) is 5.55. The Bertz CT molecular complexity index is 160. The van der Waals surface area contributed by atoms with Crippen molar-refractivity contribution in [2.45, 2.75) is 52.2 Å². The molecular formula is C10H22N2O2. The Kier molecular flexibility index (Phi) is 7.70. The van der Waals surface area contributed by atoms with Crippen LogP contribution < -0.4 is 10.6 Å². The Balaban J connectivity index is 3.63. The molecular weight excluding hydrogens is 180 g/mol. The number of hydrogen-bond donors (Lipinski definition) is 3. The predicted octanol–water partition coefficient (Wildman–Crippen LogP) is 0.347. The standard InChI is InChI=1S/C10H22N2O2/c1-4-5-6-7-8-12(14)11-9(2)10(3)13/h7-13H,4-6H2,1-3H3/b8-7+/t9-,10-/m1/s1. The van der Waals surface area contributed by atoms with E-state index < -0.39 is 6.10 Å². The lowest BCUT2D eigenvalue weighted by Gasteiger charge is -2.23. The van der Waals surface area contributed by atoms with E-state index in [-0.39, 0.29) is 11.2 Å². The van der Waals surface area contributed by atoms with E-state index in [1.807, 2.05) is 6.08 Å². The van der Waals surface area contributed by atoms with Gasteiger partial charge in [-0.25, -0.2) is 0 Å². The van der Waals surface area contributed by atoms with Crippen molar-refractivity contribution in [2.24, 2.45) is 0 Å². The third-order valence-electron chi connectivity index (χ3n) is 2.09. The van der Waals surface area contributed by atoms with Gasteiger partial charge in [-0.2, -0.15) is 5.43 Å². The molecule has 84 valence electrons. The Morgan fingerprint density at radius 3 is 2.64 bits per heavy atom. The second kappa shape index (κ2) is 7.94. The minimum absolute atomic E-state index is 0.130. The first-order valence-corrected chi connectivity index (χ1v) is 5.23. The largest absolute Gasteiger partial charge is 0.608 e. The van der Waals surface area contributed by atoms with Crippen molar-refractivity contribution in [3.8, 4) is 0 Å². The molecule has 0 aliphatic heterocycles. The van der Waals surface area contributed by atoms with Crippen molar-refractivity contribution in [1.82, 2.24) is 5.43 Å². The number of allylic oxidation sites excluding steroid dienone is 1. The number of hydroxylamine groups is 1. The first-order valence-electron chi connectivity index (χ1n) is 5.23. The Morgan fingerprint density at radius 1 is 1.50 bits per heavy atom. The summed E-state index contributed by atoms with van der Waals surface area (Å²) in [6, 6.07) is -0.196. The fourth-order valence-electron chi connectivity index (χ4n) is 0.905. The van der Waals surface area contributed by atoms with E-state index in [1.54, 1.807) is 13.8 Å². The van der Waals surface area contributed by atoms with E-state index in [0.717, 1.165) is 19.3 Å². The van der Waals surface area contributed by atoms with Crippen molar-refractivity contribution < 1.29 is 10.3 Å². The van der Waals surface area contributed by atoms with Gasteiger partial charge in [0.05, 0.1) is 12.1 Å². The van der Waals surface area contributed by atoms with Crippen LogP contribution in [0.2, 0.25) is 0 Å². The topological polar surface area (TPSA) is 59.8 Å². The summed E-state index contributed by atoms with van der Waals surface area (Å²) < 4.78 is 0. The molecule has 0 saturated heterocycles. The Labute approximate surface area is 86.2 Å². The maximum atomic E-state index is 11.2.